The molecule has 0 aromatic heterocycles. The SMILES string of the molecule is CN1CCCC1C1CCc2cc(O)ccc2O1. The lowest BCUT2D eigenvalue weighted by molar-refractivity contribution is 0.0884. The van der Waals surface area contributed by atoms with Crippen LogP contribution < -0.4 is 4.74 Å². The fraction of sp³-hybridized carbons (Fsp3) is 0.571. The summed E-state index contributed by atoms with van der Waals surface area (Å²) in [7, 11) is 2.19. The second-order valence-electron chi connectivity index (χ2n) is 5.18. The number of benzene rings is 1. The van der Waals surface area contributed by atoms with Gasteiger partial charge in [0.25, 0.3) is 0 Å². The highest BCUT2D eigenvalue weighted by Crippen LogP contribution is 2.34. The molecule has 0 amide bonds. The number of hydrogen-bond donors (Lipinski definition) is 1. The molecule has 2 atom stereocenters. The van der Waals surface area contributed by atoms with Crippen LogP contribution in [0, 0.1) is 0 Å². The van der Waals surface area contributed by atoms with Gasteiger partial charge in [-0.3, -0.25) is 4.90 Å². The third kappa shape index (κ3) is 2.00. The minimum absolute atomic E-state index is 0.319. The van der Waals surface area contributed by atoms with Crippen LogP contribution in [0.5, 0.6) is 11.5 Å². The van der Waals surface area contributed by atoms with Gasteiger partial charge in [-0.05, 0) is 63.0 Å². The van der Waals surface area contributed by atoms with Crippen LogP contribution in [0.1, 0.15) is 24.8 Å². The molecule has 3 heteroatoms. The highest BCUT2D eigenvalue weighted by molar-refractivity contribution is 5.41. The molecule has 2 heterocycles. The summed E-state index contributed by atoms with van der Waals surface area (Å²) in [5, 5.41) is 9.44. The molecule has 0 spiro atoms. The lowest BCUT2D eigenvalue weighted by atomic mass is 9.96. The second kappa shape index (κ2) is 4.22. The Bertz CT molecular complexity index is 419. The van der Waals surface area contributed by atoms with Crippen molar-refractivity contribution in [2.75, 3.05) is 13.6 Å². The molecule has 1 fully saturated rings. The van der Waals surface area contributed by atoms with Gasteiger partial charge in [0.2, 0.25) is 0 Å². The molecule has 3 rings (SSSR count). The first-order valence-electron chi connectivity index (χ1n) is 6.43. The van der Waals surface area contributed by atoms with Crippen molar-refractivity contribution in [2.24, 2.45) is 0 Å². The van der Waals surface area contributed by atoms with E-state index in [2.05, 4.69) is 11.9 Å². The first kappa shape index (κ1) is 10.9. The lowest BCUT2D eigenvalue weighted by Gasteiger charge is -2.33. The molecule has 3 nitrogen and oxygen atoms in total. The van der Waals surface area contributed by atoms with Crippen molar-refractivity contribution in [3.05, 3.63) is 23.8 Å². The molecular weight excluding hydrogens is 214 g/mol. The number of phenolic OH excluding ortho intramolecular Hbond substituents is 1. The van der Waals surface area contributed by atoms with E-state index >= 15 is 0 Å². The maximum absolute atomic E-state index is 9.44. The van der Waals surface area contributed by atoms with E-state index in [0.717, 1.165) is 24.2 Å². The van der Waals surface area contributed by atoms with E-state index in [4.69, 9.17) is 4.74 Å². The van der Waals surface area contributed by atoms with Crippen LogP contribution in [0.25, 0.3) is 0 Å². The summed E-state index contributed by atoms with van der Waals surface area (Å²) in [4.78, 5) is 2.41. The molecule has 2 aliphatic rings. The summed E-state index contributed by atoms with van der Waals surface area (Å²) in [5.74, 6) is 1.29. The molecule has 0 bridgehead atoms. The predicted octanol–water partition coefficient (Wildman–Crippen LogP) is 2.18. The zero-order valence-corrected chi connectivity index (χ0v) is 10.2. The van der Waals surface area contributed by atoms with Gasteiger partial charge in [-0.15, -0.1) is 0 Å². The Hall–Kier alpha value is -1.22. The largest absolute Gasteiger partial charge is 0.508 e. The van der Waals surface area contributed by atoms with Crippen molar-refractivity contribution in [1.29, 1.82) is 0 Å². The molecule has 1 N–H and O–H groups in total. The maximum Gasteiger partial charge on any atom is 0.123 e. The minimum Gasteiger partial charge on any atom is -0.508 e. The number of hydrogen-bond acceptors (Lipinski definition) is 3. The van der Waals surface area contributed by atoms with Crippen molar-refractivity contribution in [3.8, 4) is 11.5 Å². The fourth-order valence-corrected chi connectivity index (χ4v) is 3.07. The predicted molar refractivity (Wildman–Crippen MR) is 66.5 cm³/mol. The first-order chi connectivity index (χ1) is 8.24. The number of likely N-dealkylation sites (tertiary alicyclic amines) is 1. The van der Waals surface area contributed by atoms with Crippen molar-refractivity contribution in [2.45, 2.75) is 37.8 Å². The molecule has 2 aliphatic heterocycles. The van der Waals surface area contributed by atoms with E-state index in [1.54, 1.807) is 6.07 Å². The highest BCUT2D eigenvalue weighted by atomic mass is 16.5. The maximum atomic E-state index is 9.44. The molecule has 1 aromatic rings. The number of aryl methyl sites for hydroxylation is 1. The minimum atomic E-state index is 0.319. The summed E-state index contributed by atoms with van der Waals surface area (Å²) in [6.45, 7) is 1.19. The number of phenols is 1. The van der Waals surface area contributed by atoms with Gasteiger partial charge in [-0.2, -0.15) is 0 Å². The Morgan fingerprint density at radius 2 is 2.24 bits per heavy atom. The summed E-state index contributed by atoms with van der Waals surface area (Å²) >= 11 is 0. The van der Waals surface area contributed by atoms with Gasteiger partial charge in [-0.1, -0.05) is 0 Å². The van der Waals surface area contributed by atoms with Crippen LogP contribution in [-0.4, -0.2) is 35.7 Å². The molecule has 0 radical (unpaired) electrons. The summed E-state index contributed by atoms with van der Waals surface area (Å²) in [6, 6.07) is 5.99. The van der Waals surface area contributed by atoms with Gasteiger partial charge in [0.05, 0.1) is 0 Å². The molecule has 0 aliphatic carbocycles. The second-order valence-corrected chi connectivity index (χ2v) is 5.18. The quantitative estimate of drug-likeness (QED) is 0.807. The Labute approximate surface area is 102 Å². The first-order valence-corrected chi connectivity index (χ1v) is 6.43. The lowest BCUT2D eigenvalue weighted by Crippen LogP contribution is -2.41. The van der Waals surface area contributed by atoms with E-state index in [0.29, 0.717) is 17.9 Å². The molecule has 0 saturated carbocycles. The number of aromatic hydroxyl groups is 1. The van der Waals surface area contributed by atoms with E-state index in [9.17, 15) is 5.11 Å². The van der Waals surface area contributed by atoms with Crippen LogP contribution in [0.2, 0.25) is 0 Å². The number of ether oxygens (including phenoxy) is 1. The smallest absolute Gasteiger partial charge is 0.123 e. The fourth-order valence-electron chi connectivity index (χ4n) is 3.07. The number of likely N-dealkylation sites (N-methyl/N-ethyl adjacent to an activating group) is 1. The van der Waals surface area contributed by atoms with E-state index < -0.39 is 0 Å². The molecule has 17 heavy (non-hydrogen) atoms. The third-order valence-electron chi connectivity index (χ3n) is 4.03. The molecular formula is C14H19NO2. The molecule has 92 valence electrons. The van der Waals surface area contributed by atoms with Crippen LogP contribution in [0.4, 0.5) is 0 Å². The van der Waals surface area contributed by atoms with Gasteiger partial charge < -0.3 is 9.84 Å². The topological polar surface area (TPSA) is 32.7 Å². The zero-order valence-electron chi connectivity index (χ0n) is 10.2. The normalized spacial score (nSPS) is 28.8. The number of rotatable bonds is 1. The van der Waals surface area contributed by atoms with Gasteiger partial charge in [0.1, 0.15) is 17.6 Å². The van der Waals surface area contributed by atoms with E-state index in [1.807, 2.05) is 12.1 Å². The van der Waals surface area contributed by atoms with Crippen LogP contribution in [0.3, 0.4) is 0 Å². The molecule has 2 unspecified atom stereocenters. The Morgan fingerprint density at radius 3 is 3.00 bits per heavy atom. The summed E-state index contributed by atoms with van der Waals surface area (Å²) in [5.41, 5.74) is 1.14. The van der Waals surface area contributed by atoms with Crippen molar-refractivity contribution >= 4 is 0 Å². The monoisotopic (exact) mass is 233 g/mol. The Balaban J connectivity index is 1.78. The van der Waals surface area contributed by atoms with Gasteiger partial charge in [0.15, 0.2) is 0 Å². The summed E-state index contributed by atoms with van der Waals surface area (Å²) < 4.78 is 6.09. The third-order valence-corrected chi connectivity index (χ3v) is 4.03. The van der Waals surface area contributed by atoms with Gasteiger partial charge >= 0.3 is 0 Å². The number of nitrogens with zero attached hydrogens (tertiary/aromatic N) is 1. The Kier molecular flexibility index (Phi) is 2.71. The van der Waals surface area contributed by atoms with Crippen LogP contribution in [0.15, 0.2) is 18.2 Å². The van der Waals surface area contributed by atoms with Crippen molar-refractivity contribution in [1.82, 2.24) is 4.90 Å². The number of fused-ring (bicyclic) bond motifs is 1. The highest BCUT2D eigenvalue weighted by Gasteiger charge is 2.33. The van der Waals surface area contributed by atoms with Crippen molar-refractivity contribution in [3.63, 3.8) is 0 Å². The van der Waals surface area contributed by atoms with E-state index in [-0.39, 0.29) is 0 Å². The van der Waals surface area contributed by atoms with Crippen LogP contribution in [-0.2, 0) is 6.42 Å². The Morgan fingerprint density at radius 1 is 1.35 bits per heavy atom. The zero-order chi connectivity index (χ0) is 11.8. The van der Waals surface area contributed by atoms with Crippen molar-refractivity contribution < 1.29 is 9.84 Å². The average molecular weight is 233 g/mol. The molecule has 1 saturated heterocycles. The van der Waals surface area contributed by atoms with Crippen LogP contribution >= 0.6 is 0 Å². The van der Waals surface area contributed by atoms with Gasteiger partial charge in [0, 0.05) is 6.04 Å². The molecule has 1 aromatic carbocycles. The van der Waals surface area contributed by atoms with E-state index in [1.165, 1.54) is 19.4 Å². The standard InChI is InChI=1S/C14H19NO2/c1-15-8-2-3-12(15)14-6-4-10-9-11(16)5-7-13(10)17-14/h5,7,9,12,14,16H,2-4,6,8H2,1H3. The van der Waals surface area contributed by atoms with Gasteiger partial charge in [-0.25, -0.2) is 0 Å². The summed E-state index contributed by atoms with van der Waals surface area (Å²) in [6.07, 6.45) is 4.92. The average Bonchev–Trinajstić information content (AvgIpc) is 2.75.